The highest BCUT2D eigenvalue weighted by molar-refractivity contribution is 8.00. The largest absolute Gasteiger partial charge is 0.394 e. The van der Waals surface area contributed by atoms with Crippen LogP contribution < -0.4 is 5.32 Å². The highest BCUT2D eigenvalue weighted by Gasteiger charge is 2.22. The van der Waals surface area contributed by atoms with E-state index in [1.807, 2.05) is 0 Å². The molecule has 3 aromatic rings. The molecule has 0 saturated heterocycles. The molecule has 10 heteroatoms. The summed E-state index contributed by atoms with van der Waals surface area (Å²) in [5.74, 6) is -0.000300. The average Bonchev–Trinajstić information content (AvgIpc) is 3.27. The molecular weight excluding hydrogens is 396 g/mol. The summed E-state index contributed by atoms with van der Waals surface area (Å²) in [7, 11) is 0. The van der Waals surface area contributed by atoms with E-state index < -0.39 is 0 Å². The van der Waals surface area contributed by atoms with Crippen LogP contribution in [0.2, 0.25) is 0 Å². The summed E-state index contributed by atoms with van der Waals surface area (Å²) in [6.07, 6.45) is 7.20. The highest BCUT2D eigenvalue weighted by Crippen LogP contribution is 2.37. The molecule has 0 radical (unpaired) electrons. The van der Waals surface area contributed by atoms with Crippen molar-refractivity contribution < 1.29 is 9.90 Å². The molecule has 1 amide bonds. The summed E-state index contributed by atoms with van der Waals surface area (Å²) in [5, 5.41) is 27.8. The second-order valence-electron chi connectivity index (χ2n) is 6.37. The Morgan fingerprint density at radius 3 is 3.07 bits per heavy atom. The van der Waals surface area contributed by atoms with Crippen LogP contribution >= 0.6 is 23.1 Å². The molecule has 3 aromatic heterocycles. The van der Waals surface area contributed by atoms with Gasteiger partial charge in [-0.3, -0.25) is 4.79 Å². The number of aromatic nitrogens is 4. The van der Waals surface area contributed by atoms with Crippen LogP contribution in [0.25, 0.3) is 11.0 Å². The zero-order valence-electron chi connectivity index (χ0n) is 15.0. The van der Waals surface area contributed by atoms with Gasteiger partial charge in [0.15, 0.2) is 5.65 Å². The first kappa shape index (κ1) is 18.9. The van der Waals surface area contributed by atoms with Crippen LogP contribution in [0, 0.1) is 11.3 Å². The van der Waals surface area contributed by atoms with Crippen molar-refractivity contribution in [3.63, 3.8) is 0 Å². The molecule has 0 unspecified atom stereocenters. The zero-order chi connectivity index (χ0) is 19.5. The van der Waals surface area contributed by atoms with Crippen LogP contribution in [-0.4, -0.2) is 43.1 Å². The van der Waals surface area contributed by atoms with Gasteiger partial charge in [0.25, 0.3) is 0 Å². The van der Waals surface area contributed by atoms with Gasteiger partial charge in [0.2, 0.25) is 5.91 Å². The third-order valence-corrected chi connectivity index (χ3v) is 6.80. The summed E-state index contributed by atoms with van der Waals surface area (Å²) in [6, 6.07) is 2.26. The number of hydrogen-bond donors (Lipinski definition) is 2. The number of nitriles is 1. The second-order valence-corrected chi connectivity index (χ2v) is 8.44. The topological polar surface area (TPSA) is 117 Å². The molecular formula is C18H18N6O2S2. The van der Waals surface area contributed by atoms with Crippen molar-refractivity contribution in [1.29, 1.82) is 5.26 Å². The summed E-state index contributed by atoms with van der Waals surface area (Å²) in [6.45, 7) is 0.322. The molecule has 1 aliphatic rings. The molecule has 8 nitrogen and oxygen atoms in total. The zero-order valence-corrected chi connectivity index (χ0v) is 16.6. The number of amides is 1. The maximum absolute atomic E-state index is 12.5. The minimum atomic E-state index is -0.172. The van der Waals surface area contributed by atoms with Crippen molar-refractivity contribution in [2.75, 3.05) is 17.7 Å². The predicted octanol–water partition coefficient (Wildman–Crippen LogP) is 2.36. The number of anilines is 1. The van der Waals surface area contributed by atoms with Crippen LogP contribution in [0.4, 0.5) is 5.00 Å². The number of thioether (sulfide) groups is 1. The third-order valence-electron chi connectivity index (χ3n) is 4.58. The summed E-state index contributed by atoms with van der Waals surface area (Å²) in [4.78, 5) is 22.2. The smallest absolute Gasteiger partial charge is 0.235 e. The van der Waals surface area contributed by atoms with E-state index >= 15 is 0 Å². The van der Waals surface area contributed by atoms with Gasteiger partial charge in [0.05, 0.1) is 36.1 Å². The van der Waals surface area contributed by atoms with Gasteiger partial charge in [-0.05, 0) is 31.2 Å². The van der Waals surface area contributed by atoms with Gasteiger partial charge < -0.3 is 10.4 Å². The quantitative estimate of drug-likeness (QED) is 0.470. The lowest BCUT2D eigenvalue weighted by molar-refractivity contribution is -0.113. The van der Waals surface area contributed by atoms with Crippen molar-refractivity contribution in [2.24, 2.45) is 0 Å². The number of fused-ring (bicyclic) bond motifs is 2. The molecule has 0 bridgehead atoms. The van der Waals surface area contributed by atoms with Crippen molar-refractivity contribution >= 4 is 45.0 Å². The number of rotatable bonds is 6. The molecule has 1 aliphatic carbocycles. The first-order chi connectivity index (χ1) is 13.7. The van der Waals surface area contributed by atoms with E-state index in [0.29, 0.717) is 27.8 Å². The minimum Gasteiger partial charge on any atom is -0.394 e. The van der Waals surface area contributed by atoms with Gasteiger partial charge in [-0.25, -0.2) is 14.6 Å². The lowest BCUT2D eigenvalue weighted by Gasteiger charge is -2.09. The SMILES string of the molecule is N#Cc1c(NC(=O)CSc2ncnc3c2cnn3CCO)sc2c1CCCC2. The number of aryl methyl sites for hydroxylation is 1. The van der Waals surface area contributed by atoms with Crippen molar-refractivity contribution in [2.45, 2.75) is 37.3 Å². The third kappa shape index (κ3) is 3.61. The lowest BCUT2D eigenvalue weighted by atomic mass is 9.96. The number of hydrogen-bond acceptors (Lipinski definition) is 8. The number of nitrogens with zero attached hydrogens (tertiary/aromatic N) is 5. The van der Waals surface area contributed by atoms with Gasteiger partial charge in [-0.1, -0.05) is 11.8 Å². The molecule has 2 N–H and O–H groups in total. The van der Waals surface area contributed by atoms with E-state index in [0.717, 1.165) is 36.6 Å². The van der Waals surface area contributed by atoms with Gasteiger partial charge in [0.1, 0.15) is 22.4 Å². The maximum atomic E-state index is 12.5. The molecule has 0 aliphatic heterocycles. The number of aliphatic hydroxyl groups is 1. The van der Waals surface area contributed by atoms with Gasteiger partial charge in [0, 0.05) is 4.88 Å². The highest BCUT2D eigenvalue weighted by atomic mass is 32.2. The number of thiophene rings is 1. The fourth-order valence-electron chi connectivity index (χ4n) is 3.31. The Hall–Kier alpha value is -2.48. The van der Waals surface area contributed by atoms with Crippen molar-refractivity contribution in [1.82, 2.24) is 19.7 Å². The normalized spacial score (nSPS) is 13.3. The predicted molar refractivity (Wildman–Crippen MR) is 107 cm³/mol. The molecule has 0 saturated carbocycles. The molecule has 0 atom stereocenters. The fraction of sp³-hybridized carbons (Fsp3) is 0.389. The van der Waals surface area contributed by atoms with E-state index in [1.54, 1.807) is 10.9 Å². The van der Waals surface area contributed by atoms with E-state index in [4.69, 9.17) is 5.11 Å². The van der Waals surface area contributed by atoms with Crippen LogP contribution in [0.5, 0.6) is 0 Å². The van der Waals surface area contributed by atoms with E-state index in [9.17, 15) is 10.1 Å². The van der Waals surface area contributed by atoms with Crippen LogP contribution in [0.1, 0.15) is 28.8 Å². The second kappa shape index (κ2) is 8.26. The van der Waals surface area contributed by atoms with Gasteiger partial charge >= 0.3 is 0 Å². The average molecular weight is 415 g/mol. The standard InChI is InChI=1S/C18H18N6O2S2/c19-7-12-11-3-1-2-4-14(11)28-18(12)23-15(26)9-27-17-13-8-22-24(5-6-25)16(13)20-10-21-17/h8,10,25H,1-6,9H2,(H,23,26). The summed E-state index contributed by atoms with van der Waals surface area (Å²) < 4.78 is 1.61. The molecule has 0 fully saturated rings. The van der Waals surface area contributed by atoms with E-state index in [2.05, 4.69) is 26.5 Å². The van der Waals surface area contributed by atoms with Crippen molar-refractivity contribution in [3.05, 3.63) is 28.5 Å². The Bertz CT molecular complexity index is 1070. The minimum absolute atomic E-state index is 0.0301. The van der Waals surface area contributed by atoms with E-state index in [1.165, 1.54) is 34.3 Å². The molecule has 144 valence electrons. The molecule has 3 heterocycles. The number of aliphatic hydroxyl groups excluding tert-OH is 1. The van der Waals surface area contributed by atoms with Crippen LogP contribution in [0.3, 0.4) is 0 Å². The number of carbonyl (C=O) groups excluding carboxylic acids is 1. The monoisotopic (exact) mass is 414 g/mol. The first-order valence-corrected chi connectivity index (χ1v) is 10.8. The Kier molecular flexibility index (Phi) is 5.57. The Morgan fingerprint density at radius 1 is 1.39 bits per heavy atom. The van der Waals surface area contributed by atoms with E-state index in [-0.39, 0.29) is 18.3 Å². The summed E-state index contributed by atoms with van der Waals surface area (Å²) in [5.41, 5.74) is 2.35. The Balaban J connectivity index is 1.47. The van der Waals surface area contributed by atoms with Crippen LogP contribution in [-0.2, 0) is 24.2 Å². The first-order valence-electron chi connectivity index (χ1n) is 8.96. The lowest BCUT2D eigenvalue weighted by Crippen LogP contribution is -2.14. The molecule has 0 spiro atoms. The number of carbonyl (C=O) groups is 1. The van der Waals surface area contributed by atoms with Gasteiger partial charge in [-0.2, -0.15) is 10.4 Å². The fourth-order valence-corrected chi connectivity index (χ4v) is 5.33. The molecule has 28 heavy (non-hydrogen) atoms. The van der Waals surface area contributed by atoms with Crippen LogP contribution in [0.15, 0.2) is 17.6 Å². The van der Waals surface area contributed by atoms with Gasteiger partial charge in [-0.15, -0.1) is 11.3 Å². The molecule has 4 rings (SSSR count). The number of nitrogens with one attached hydrogen (secondary N) is 1. The maximum Gasteiger partial charge on any atom is 0.235 e. The Labute approximate surface area is 169 Å². The van der Waals surface area contributed by atoms with Crippen molar-refractivity contribution in [3.8, 4) is 6.07 Å². The summed E-state index contributed by atoms with van der Waals surface area (Å²) >= 11 is 2.82. The Morgan fingerprint density at radius 2 is 2.25 bits per heavy atom. The molecule has 0 aromatic carbocycles.